The SMILES string of the molecule is Cc1[nH]ncc1CNCCCCC(F)(F)F. The average molecular weight is 235 g/mol. The van der Waals surface area contributed by atoms with Crippen LogP contribution in [0.15, 0.2) is 6.20 Å². The third-order valence-corrected chi connectivity index (χ3v) is 2.31. The minimum atomic E-state index is -4.03. The maximum absolute atomic E-state index is 11.8. The van der Waals surface area contributed by atoms with Gasteiger partial charge in [0.15, 0.2) is 0 Å². The lowest BCUT2D eigenvalue weighted by Crippen LogP contribution is -2.16. The molecular formula is C10H16F3N3. The molecule has 0 radical (unpaired) electrons. The van der Waals surface area contributed by atoms with Gasteiger partial charge in [0.25, 0.3) is 0 Å². The molecular weight excluding hydrogens is 219 g/mol. The van der Waals surface area contributed by atoms with Crippen molar-refractivity contribution < 1.29 is 13.2 Å². The second-order valence-electron chi connectivity index (χ2n) is 3.77. The monoisotopic (exact) mass is 235 g/mol. The van der Waals surface area contributed by atoms with Gasteiger partial charge in [-0.3, -0.25) is 5.10 Å². The maximum Gasteiger partial charge on any atom is 0.389 e. The first kappa shape index (κ1) is 13.0. The van der Waals surface area contributed by atoms with E-state index in [4.69, 9.17) is 0 Å². The molecule has 0 saturated heterocycles. The summed E-state index contributed by atoms with van der Waals surface area (Å²) in [5, 5.41) is 9.74. The molecule has 3 nitrogen and oxygen atoms in total. The molecule has 0 aliphatic heterocycles. The van der Waals surface area contributed by atoms with Gasteiger partial charge in [-0.2, -0.15) is 18.3 Å². The summed E-state index contributed by atoms with van der Waals surface area (Å²) in [6, 6.07) is 0. The Balaban J connectivity index is 2.03. The van der Waals surface area contributed by atoms with E-state index in [0.29, 0.717) is 19.5 Å². The van der Waals surface area contributed by atoms with Crippen LogP contribution in [0.3, 0.4) is 0 Å². The molecule has 0 aliphatic rings. The number of aromatic amines is 1. The predicted octanol–water partition coefficient (Wildman–Crippen LogP) is 2.54. The summed E-state index contributed by atoms with van der Waals surface area (Å²) in [6.07, 6.45) is -2.28. The number of unbranched alkanes of at least 4 members (excludes halogenated alkanes) is 1. The van der Waals surface area contributed by atoms with Gasteiger partial charge in [-0.25, -0.2) is 0 Å². The molecule has 0 spiro atoms. The Morgan fingerprint density at radius 3 is 2.69 bits per heavy atom. The Hall–Kier alpha value is -1.04. The third kappa shape index (κ3) is 5.16. The number of H-pyrrole nitrogens is 1. The Kier molecular flexibility index (Phi) is 4.79. The number of nitrogens with one attached hydrogen (secondary N) is 2. The zero-order chi connectivity index (χ0) is 12.0. The van der Waals surface area contributed by atoms with Crippen molar-refractivity contribution in [3.63, 3.8) is 0 Å². The van der Waals surface area contributed by atoms with E-state index in [1.807, 2.05) is 6.92 Å². The van der Waals surface area contributed by atoms with Crippen molar-refractivity contribution in [1.29, 1.82) is 0 Å². The number of rotatable bonds is 6. The van der Waals surface area contributed by atoms with Gasteiger partial charge in [0.05, 0.1) is 6.20 Å². The largest absolute Gasteiger partial charge is 0.389 e. The molecule has 0 unspecified atom stereocenters. The van der Waals surface area contributed by atoms with Crippen molar-refractivity contribution in [2.24, 2.45) is 0 Å². The molecule has 0 fully saturated rings. The Morgan fingerprint density at radius 1 is 1.38 bits per heavy atom. The summed E-state index contributed by atoms with van der Waals surface area (Å²) in [4.78, 5) is 0. The normalized spacial score (nSPS) is 12.0. The quantitative estimate of drug-likeness (QED) is 0.744. The number of alkyl halides is 3. The molecule has 0 amide bonds. The van der Waals surface area contributed by atoms with Gasteiger partial charge in [-0.05, 0) is 26.3 Å². The molecule has 16 heavy (non-hydrogen) atoms. The molecule has 0 aromatic carbocycles. The summed E-state index contributed by atoms with van der Waals surface area (Å²) in [7, 11) is 0. The molecule has 0 bridgehead atoms. The highest BCUT2D eigenvalue weighted by Crippen LogP contribution is 2.21. The molecule has 92 valence electrons. The fourth-order valence-corrected chi connectivity index (χ4v) is 1.35. The van der Waals surface area contributed by atoms with Crippen LogP contribution in [0.1, 0.15) is 30.5 Å². The fourth-order valence-electron chi connectivity index (χ4n) is 1.35. The Bertz CT molecular complexity index is 307. The van der Waals surface area contributed by atoms with Crippen molar-refractivity contribution in [2.45, 2.75) is 38.9 Å². The standard InChI is InChI=1S/C10H16F3N3/c1-8-9(7-15-16-8)6-14-5-3-2-4-10(11,12)13/h7,14H,2-6H2,1H3,(H,15,16). The van der Waals surface area contributed by atoms with Crippen LogP contribution in [0.25, 0.3) is 0 Å². The number of aryl methyl sites for hydroxylation is 1. The predicted molar refractivity (Wildman–Crippen MR) is 54.9 cm³/mol. The van der Waals surface area contributed by atoms with Crippen LogP contribution in [-0.2, 0) is 6.54 Å². The third-order valence-electron chi connectivity index (χ3n) is 2.31. The number of aromatic nitrogens is 2. The summed E-state index contributed by atoms with van der Waals surface area (Å²) in [5.41, 5.74) is 2.04. The summed E-state index contributed by atoms with van der Waals surface area (Å²) in [6.45, 7) is 3.16. The van der Waals surface area contributed by atoms with E-state index in [-0.39, 0.29) is 6.42 Å². The number of hydrogen-bond acceptors (Lipinski definition) is 2. The van der Waals surface area contributed by atoms with Crippen LogP contribution in [0, 0.1) is 6.92 Å². The molecule has 2 N–H and O–H groups in total. The van der Waals surface area contributed by atoms with Gasteiger partial charge in [-0.1, -0.05) is 0 Å². The van der Waals surface area contributed by atoms with Crippen molar-refractivity contribution in [3.05, 3.63) is 17.5 Å². The first-order valence-electron chi connectivity index (χ1n) is 5.25. The second-order valence-corrected chi connectivity index (χ2v) is 3.77. The van der Waals surface area contributed by atoms with Crippen LogP contribution in [0.4, 0.5) is 13.2 Å². The van der Waals surface area contributed by atoms with E-state index in [9.17, 15) is 13.2 Å². The summed E-state index contributed by atoms with van der Waals surface area (Å²) < 4.78 is 35.4. The molecule has 1 rings (SSSR count). The molecule has 0 saturated carbocycles. The van der Waals surface area contributed by atoms with Crippen molar-refractivity contribution >= 4 is 0 Å². The van der Waals surface area contributed by atoms with E-state index in [1.54, 1.807) is 6.20 Å². The minimum Gasteiger partial charge on any atom is -0.313 e. The highest BCUT2D eigenvalue weighted by atomic mass is 19.4. The molecule has 1 heterocycles. The second kappa shape index (κ2) is 5.89. The van der Waals surface area contributed by atoms with E-state index < -0.39 is 12.6 Å². The zero-order valence-corrected chi connectivity index (χ0v) is 9.19. The van der Waals surface area contributed by atoms with Gasteiger partial charge >= 0.3 is 6.18 Å². The molecule has 0 aliphatic carbocycles. The molecule has 0 atom stereocenters. The first-order valence-corrected chi connectivity index (χ1v) is 5.25. The lowest BCUT2D eigenvalue weighted by molar-refractivity contribution is -0.135. The van der Waals surface area contributed by atoms with Crippen molar-refractivity contribution in [1.82, 2.24) is 15.5 Å². The van der Waals surface area contributed by atoms with Crippen LogP contribution in [0.2, 0.25) is 0 Å². The first-order chi connectivity index (χ1) is 7.49. The summed E-state index contributed by atoms with van der Waals surface area (Å²) >= 11 is 0. The van der Waals surface area contributed by atoms with E-state index in [1.165, 1.54) is 0 Å². The van der Waals surface area contributed by atoms with Gasteiger partial charge in [0.2, 0.25) is 0 Å². The fraction of sp³-hybridized carbons (Fsp3) is 0.700. The average Bonchev–Trinajstić information content (AvgIpc) is 2.56. The smallest absolute Gasteiger partial charge is 0.313 e. The highest BCUT2D eigenvalue weighted by Gasteiger charge is 2.25. The highest BCUT2D eigenvalue weighted by molar-refractivity contribution is 5.13. The minimum absolute atomic E-state index is 0.181. The maximum atomic E-state index is 11.8. The van der Waals surface area contributed by atoms with E-state index in [2.05, 4.69) is 15.5 Å². The van der Waals surface area contributed by atoms with Gasteiger partial charge in [0, 0.05) is 24.2 Å². The van der Waals surface area contributed by atoms with Crippen LogP contribution < -0.4 is 5.32 Å². The Labute approximate surface area is 92.4 Å². The number of halogens is 3. The lowest BCUT2D eigenvalue weighted by Gasteiger charge is -2.06. The Morgan fingerprint density at radius 2 is 2.12 bits per heavy atom. The lowest BCUT2D eigenvalue weighted by atomic mass is 10.2. The van der Waals surface area contributed by atoms with Crippen LogP contribution in [0.5, 0.6) is 0 Å². The van der Waals surface area contributed by atoms with E-state index >= 15 is 0 Å². The van der Waals surface area contributed by atoms with E-state index in [0.717, 1.165) is 11.3 Å². The van der Waals surface area contributed by atoms with Crippen molar-refractivity contribution in [2.75, 3.05) is 6.54 Å². The number of nitrogens with zero attached hydrogens (tertiary/aromatic N) is 1. The molecule has 1 aromatic rings. The van der Waals surface area contributed by atoms with Gasteiger partial charge in [0.1, 0.15) is 0 Å². The van der Waals surface area contributed by atoms with Crippen molar-refractivity contribution in [3.8, 4) is 0 Å². The van der Waals surface area contributed by atoms with Gasteiger partial charge < -0.3 is 5.32 Å². The topological polar surface area (TPSA) is 40.7 Å². The van der Waals surface area contributed by atoms with Crippen LogP contribution >= 0.6 is 0 Å². The van der Waals surface area contributed by atoms with Crippen LogP contribution in [-0.4, -0.2) is 22.9 Å². The molecule has 6 heteroatoms. The zero-order valence-electron chi connectivity index (χ0n) is 9.19. The number of hydrogen-bond donors (Lipinski definition) is 2. The molecule has 1 aromatic heterocycles. The van der Waals surface area contributed by atoms with Gasteiger partial charge in [-0.15, -0.1) is 0 Å². The summed E-state index contributed by atoms with van der Waals surface area (Å²) in [5.74, 6) is 0.